The van der Waals surface area contributed by atoms with Crippen LogP contribution in [0.4, 0.5) is 4.79 Å². The molecule has 5 nitrogen and oxygen atoms in total. The van der Waals surface area contributed by atoms with Crippen LogP contribution in [0.1, 0.15) is 26.3 Å². The summed E-state index contributed by atoms with van der Waals surface area (Å²) in [5.41, 5.74) is 0.121. The van der Waals surface area contributed by atoms with Crippen molar-refractivity contribution in [2.75, 3.05) is 12.3 Å². The predicted octanol–water partition coefficient (Wildman–Crippen LogP) is 2.89. The Labute approximate surface area is 134 Å². The van der Waals surface area contributed by atoms with Crippen molar-refractivity contribution in [2.45, 2.75) is 32.1 Å². The van der Waals surface area contributed by atoms with Crippen LogP contribution in [0.3, 0.4) is 0 Å². The minimum absolute atomic E-state index is 0.0355. The molecule has 0 saturated carbocycles. The molecule has 1 rings (SSSR count). The van der Waals surface area contributed by atoms with Gasteiger partial charge in [0.15, 0.2) is 9.84 Å². The lowest BCUT2D eigenvalue weighted by Crippen LogP contribution is -2.35. The lowest BCUT2D eigenvalue weighted by molar-refractivity contribution is 0.0531. The van der Waals surface area contributed by atoms with Crippen LogP contribution in [0.2, 0.25) is 0 Å². The number of benzene rings is 1. The van der Waals surface area contributed by atoms with Crippen LogP contribution in [0.5, 0.6) is 0 Å². The molecule has 118 valence electrons. The van der Waals surface area contributed by atoms with Crippen LogP contribution in [0.25, 0.3) is 0 Å². The van der Waals surface area contributed by atoms with Crippen LogP contribution >= 0.6 is 15.9 Å². The van der Waals surface area contributed by atoms with Crippen molar-refractivity contribution < 1.29 is 17.9 Å². The number of hydrogen-bond acceptors (Lipinski definition) is 4. The minimum Gasteiger partial charge on any atom is -0.444 e. The van der Waals surface area contributed by atoms with Gasteiger partial charge in [0.2, 0.25) is 0 Å². The number of carbonyl (C=O) groups is 1. The first kappa shape index (κ1) is 18.0. The highest BCUT2D eigenvalue weighted by Gasteiger charge is 2.17. The topological polar surface area (TPSA) is 72.5 Å². The lowest BCUT2D eigenvalue weighted by atomic mass is 10.2. The Kier molecular flexibility index (Phi) is 6.22. The Bertz CT molecular complexity index is 576. The summed E-state index contributed by atoms with van der Waals surface area (Å²) in [5, 5.41) is 2.44. The fraction of sp³-hybridized carbons (Fsp3) is 0.500. The molecule has 0 aliphatic carbocycles. The first-order chi connectivity index (χ1) is 9.57. The third-order valence-corrected chi connectivity index (χ3v) is 4.51. The highest BCUT2D eigenvalue weighted by molar-refractivity contribution is 9.10. The molecule has 0 heterocycles. The van der Waals surface area contributed by atoms with Crippen molar-refractivity contribution >= 4 is 31.9 Å². The Balaban J connectivity index is 2.43. The minimum atomic E-state index is -3.27. The molecule has 0 aromatic heterocycles. The van der Waals surface area contributed by atoms with E-state index < -0.39 is 21.5 Å². The third kappa shape index (κ3) is 8.06. The average molecular weight is 378 g/mol. The van der Waals surface area contributed by atoms with Crippen molar-refractivity contribution in [2.24, 2.45) is 0 Å². The molecule has 0 aliphatic heterocycles. The molecule has 1 N–H and O–H groups in total. The predicted molar refractivity (Wildman–Crippen MR) is 85.9 cm³/mol. The molecule has 1 aromatic rings. The van der Waals surface area contributed by atoms with Crippen molar-refractivity contribution in [3.8, 4) is 0 Å². The van der Waals surface area contributed by atoms with E-state index in [1.54, 1.807) is 45.0 Å². The fourth-order valence-corrected chi connectivity index (χ4v) is 3.05. The third-order valence-electron chi connectivity index (χ3n) is 2.38. The summed E-state index contributed by atoms with van der Waals surface area (Å²) < 4.78 is 29.8. The standard InChI is InChI=1S/C14H20BrNO4S/c1-14(2,3)20-13(17)16-8-9-21(18,19)10-11-4-6-12(15)7-5-11/h4-7H,8-10H2,1-3H3,(H,16,17). The zero-order valence-corrected chi connectivity index (χ0v) is 14.8. The maximum absolute atomic E-state index is 11.9. The summed E-state index contributed by atoms with van der Waals surface area (Å²) in [4.78, 5) is 11.4. The Hall–Kier alpha value is -1.08. The second-order valence-electron chi connectivity index (χ2n) is 5.65. The van der Waals surface area contributed by atoms with E-state index in [-0.39, 0.29) is 18.1 Å². The number of sulfone groups is 1. The molecule has 0 radical (unpaired) electrons. The van der Waals surface area contributed by atoms with Gasteiger partial charge in [0.05, 0.1) is 11.5 Å². The number of rotatable bonds is 5. The van der Waals surface area contributed by atoms with E-state index in [2.05, 4.69) is 21.2 Å². The van der Waals surface area contributed by atoms with Gasteiger partial charge in [0.25, 0.3) is 0 Å². The van der Waals surface area contributed by atoms with Crippen molar-refractivity contribution in [1.29, 1.82) is 0 Å². The van der Waals surface area contributed by atoms with Gasteiger partial charge < -0.3 is 10.1 Å². The first-order valence-electron chi connectivity index (χ1n) is 6.49. The molecular weight excluding hydrogens is 358 g/mol. The highest BCUT2D eigenvalue weighted by Crippen LogP contribution is 2.13. The van der Waals surface area contributed by atoms with Crippen LogP contribution in [-0.4, -0.2) is 32.4 Å². The number of nitrogens with one attached hydrogen (secondary N) is 1. The SMILES string of the molecule is CC(C)(C)OC(=O)NCCS(=O)(=O)Cc1ccc(Br)cc1. The van der Waals surface area contributed by atoms with E-state index in [0.29, 0.717) is 0 Å². The summed E-state index contributed by atoms with van der Waals surface area (Å²) in [5.74, 6) is -0.168. The number of halogens is 1. The lowest BCUT2D eigenvalue weighted by Gasteiger charge is -2.19. The molecule has 0 spiro atoms. The summed E-state index contributed by atoms with van der Waals surface area (Å²) >= 11 is 3.30. The molecule has 0 aliphatic rings. The van der Waals surface area contributed by atoms with E-state index in [0.717, 1.165) is 10.0 Å². The van der Waals surface area contributed by atoms with Crippen molar-refractivity contribution in [1.82, 2.24) is 5.32 Å². The van der Waals surface area contributed by atoms with Crippen molar-refractivity contribution in [3.05, 3.63) is 34.3 Å². The van der Waals surface area contributed by atoms with E-state index in [9.17, 15) is 13.2 Å². The molecular formula is C14H20BrNO4S. The number of ether oxygens (including phenoxy) is 1. The number of alkyl carbamates (subject to hydrolysis) is 1. The van der Waals surface area contributed by atoms with Gasteiger partial charge in [-0.25, -0.2) is 13.2 Å². The highest BCUT2D eigenvalue weighted by atomic mass is 79.9. The molecule has 21 heavy (non-hydrogen) atoms. The Morgan fingerprint density at radius 2 is 1.81 bits per heavy atom. The number of hydrogen-bond donors (Lipinski definition) is 1. The fourth-order valence-electron chi connectivity index (χ4n) is 1.53. The Morgan fingerprint density at radius 1 is 1.24 bits per heavy atom. The van der Waals surface area contributed by atoms with E-state index in [4.69, 9.17) is 4.74 Å². The second-order valence-corrected chi connectivity index (χ2v) is 8.75. The summed E-state index contributed by atoms with van der Waals surface area (Å²) in [7, 11) is -3.27. The quantitative estimate of drug-likeness (QED) is 0.855. The Morgan fingerprint density at radius 3 is 2.33 bits per heavy atom. The average Bonchev–Trinajstić information content (AvgIpc) is 2.29. The largest absolute Gasteiger partial charge is 0.444 e. The molecule has 1 aromatic carbocycles. The molecule has 0 bridgehead atoms. The normalized spacial score (nSPS) is 12.0. The molecule has 0 unspecified atom stereocenters. The maximum Gasteiger partial charge on any atom is 0.407 e. The summed E-state index contributed by atoms with van der Waals surface area (Å²) in [6.07, 6.45) is -0.610. The monoisotopic (exact) mass is 377 g/mol. The van der Waals surface area contributed by atoms with Gasteiger partial charge in [-0.05, 0) is 38.5 Å². The molecule has 0 saturated heterocycles. The molecule has 7 heteroatoms. The first-order valence-corrected chi connectivity index (χ1v) is 9.10. The summed E-state index contributed by atoms with van der Waals surface area (Å²) in [6.45, 7) is 5.28. The zero-order valence-electron chi connectivity index (χ0n) is 12.3. The van der Waals surface area contributed by atoms with Crippen LogP contribution in [0.15, 0.2) is 28.7 Å². The molecule has 0 atom stereocenters. The van der Waals surface area contributed by atoms with Gasteiger partial charge in [-0.2, -0.15) is 0 Å². The molecule has 0 fully saturated rings. The van der Waals surface area contributed by atoms with Gasteiger partial charge in [-0.1, -0.05) is 28.1 Å². The summed E-state index contributed by atoms with van der Waals surface area (Å²) in [6, 6.07) is 7.10. The maximum atomic E-state index is 11.9. The van der Waals surface area contributed by atoms with Crippen LogP contribution < -0.4 is 5.32 Å². The number of amides is 1. The van der Waals surface area contributed by atoms with Gasteiger partial charge in [0, 0.05) is 11.0 Å². The van der Waals surface area contributed by atoms with Crippen LogP contribution in [0, 0.1) is 0 Å². The van der Waals surface area contributed by atoms with E-state index >= 15 is 0 Å². The smallest absolute Gasteiger partial charge is 0.407 e. The van der Waals surface area contributed by atoms with E-state index in [1.807, 2.05) is 0 Å². The van der Waals surface area contributed by atoms with Crippen molar-refractivity contribution in [3.63, 3.8) is 0 Å². The zero-order chi connectivity index (χ0) is 16.1. The van der Waals surface area contributed by atoms with Gasteiger partial charge in [-0.3, -0.25) is 0 Å². The van der Waals surface area contributed by atoms with Gasteiger partial charge >= 0.3 is 6.09 Å². The second kappa shape index (κ2) is 7.26. The van der Waals surface area contributed by atoms with E-state index in [1.165, 1.54) is 0 Å². The van der Waals surface area contributed by atoms with Crippen LogP contribution in [-0.2, 0) is 20.3 Å². The number of carbonyl (C=O) groups excluding carboxylic acids is 1. The van der Waals surface area contributed by atoms with Gasteiger partial charge in [0.1, 0.15) is 5.60 Å². The van der Waals surface area contributed by atoms with Gasteiger partial charge in [-0.15, -0.1) is 0 Å². The molecule has 1 amide bonds.